The fourth-order valence-corrected chi connectivity index (χ4v) is 1.65. The van der Waals surface area contributed by atoms with Crippen molar-refractivity contribution in [2.24, 2.45) is 10.2 Å². The molecule has 0 aliphatic carbocycles. The molecule has 2 nitrogen and oxygen atoms in total. The van der Waals surface area contributed by atoms with Crippen LogP contribution in [-0.2, 0) is 0 Å². The second-order valence-electron chi connectivity index (χ2n) is 4.90. The smallest absolute Gasteiger partial charge is 0.0727 e. The van der Waals surface area contributed by atoms with Crippen molar-refractivity contribution in [1.82, 2.24) is 0 Å². The van der Waals surface area contributed by atoms with Gasteiger partial charge in [-0.25, -0.2) is 0 Å². The molecule has 0 spiro atoms. The van der Waals surface area contributed by atoms with Gasteiger partial charge in [-0.15, -0.1) is 0 Å². The predicted octanol–water partition coefficient (Wildman–Crippen LogP) is 5.31. The van der Waals surface area contributed by atoms with Crippen molar-refractivity contribution in [2.45, 2.75) is 78.1 Å². The lowest BCUT2D eigenvalue weighted by Gasteiger charge is -1.90. The molecule has 0 aromatic heterocycles. The second kappa shape index (κ2) is 18.8. The average Bonchev–Trinajstić information content (AvgIpc) is 2.54. The maximum absolute atomic E-state index is 3.60. The van der Waals surface area contributed by atoms with Crippen LogP contribution in [0.3, 0.4) is 0 Å². The van der Waals surface area contributed by atoms with Crippen LogP contribution in [0.2, 0.25) is 0 Å². The molecule has 0 aliphatic rings. The van der Waals surface area contributed by atoms with Crippen LogP contribution in [0.15, 0.2) is 10.2 Å². The van der Waals surface area contributed by atoms with Crippen LogP contribution in [0.4, 0.5) is 0 Å². The topological polar surface area (TPSA) is 24.7 Å². The molecule has 0 radical (unpaired) electrons. The molecule has 0 heterocycles. The summed E-state index contributed by atoms with van der Waals surface area (Å²) in [7, 11) is 0. The lowest BCUT2D eigenvalue weighted by atomic mass is 10.2. The molecule has 0 N–H and O–H groups in total. The Kier molecular flexibility index (Phi) is 17.0. The molecular weight excluding hydrogens is 268 g/mol. The first kappa shape index (κ1) is 19.8. The van der Waals surface area contributed by atoms with Crippen molar-refractivity contribution >= 4 is 0 Å². The maximum Gasteiger partial charge on any atom is 0.0727 e. The Morgan fingerprint density at radius 2 is 1.00 bits per heavy atom. The van der Waals surface area contributed by atoms with Gasteiger partial charge >= 0.3 is 0 Å². The van der Waals surface area contributed by atoms with Gasteiger partial charge in [-0.05, 0) is 24.7 Å². The van der Waals surface area contributed by atoms with Gasteiger partial charge in [0.15, 0.2) is 0 Å². The first-order chi connectivity index (χ1) is 10.9. The van der Waals surface area contributed by atoms with Crippen LogP contribution in [0.1, 0.15) is 78.1 Å². The van der Waals surface area contributed by atoms with Gasteiger partial charge in [0, 0.05) is 24.7 Å². The van der Waals surface area contributed by atoms with E-state index in [4.69, 9.17) is 0 Å². The monoisotopic (exact) mass is 294 g/mol. The van der Waals surface area contributed by atoms with Gasteiger partial charge < -0.3 is 0 Å². The number of azo groups is 1. The van der Waals surface area contributed by atoms with E-state index in [0.29, 0.717) is 0 Å². The fraction of sp³-hybridized carbons (Fsp3) is 0.600. The van der Waals surface area contributed by atoms with Crippen LogP contribution in [-0.4, -0.2) is 0 Å². The molecule has 0 atom stereocenters. The Bertz CT molecular complexity index is 477. The first-order valence-corrected chi connectivity index (χ1v) is 8.27. The van der Waals surface area contributed by atoms with Crippen molar-refractivity contribution in [3.05, 3.63) is 0 Å². The third-order valence-corrected chi connectivity index (χ3v) is 2.87. The van der Waals surface area contributed by atoms with E-state index in [1.165, 1.54) is 38.5 Å². The number of hydrogen-bond donors (Lipinski definition) is 0. The van der Waals surface area contributed by atoms with Gasteiger partial charge in [-0.1, -0.05) is 74.4 Å². The lowest BCUT2D eigenvalue weighted by molar-refractivity contribution is 0.680. The quantitative estimate of drug-likeness (QED) is 0.329. The number of unbranched alkanes of at least 4 members (excludes halogenated alkanes) is 8. The van der Waals surface area contributed by atoms with Crippen LogP contribution < -0.4 is 0 Å². The molecule has 0 rings (SSSR count). The minimum Gasteiger partial charge on any atom is -0.0890 e. The predicted molar refractivity (Wildman–Crippen MR) is 93.5 cm³/mol. The number of hydrogen-bond acceptors (Lipinski definition) is 2. The van der Waals surface area contributed by atoms with Gasteiger partial charge in [0.2, 0.25) is 0 Å². The molecule has 0 unspecified atom stereocenters. The second-order valence-corrected chi connectivity index (χ2v) is 4.90. The molecule has 0 aromatic carbocycles. The summed E-state index contributed by atoms with van der Waals surface area (Å²) in [6.45, 7) is 4.40. The van der Waals surface area contributed by atoms with Crippen molar-refractivity contribution < 1.29 is 0 Å². The van der Waals surface area contributed by atoms with Crippen LogP contribution in [0.5, 0.6) is 0 Å². The summed E-state index contributed by atoms with van der Waals surface area (Å²) in [6.07, 6.45) is 11.6. The summed E-state index contributed by atoms with van der Waals surface area (Å²) >= 11 is 0. The van der Waals surface area contributed by atoms with Gasteiger partial charge in [0.05, 0.1) is 12.1 Å². The minimum atomic E-state index is 0.902. The number of rotatable bonds is 8. The van der Waals surface area contributed by atoms with Crippen molar-refractivity contribution in [3.63, 3.8) is 0 Å². The first-order valence-electron chi connectivity index (χ1n) is 8.27. The van der Waals surface area contributed by atoms with E-state index >= 15 is 0 Å². The summed E-state index contributed by atoms with van der Waals surface area (Å²) < 4.78 is 0. The summed E-state index contributed by atoms with van der Waals surface area (Å²) in [5.41, 5.74) is 0. The molecule has 22 heavy (non-hydrogen) atoms. The Morgan fingerprint density at radius 1 is 0.545 bits per heavy atom. The Hall–Kier alpha value is -2.16. The lowest BCUT2D eigenvalue weighted by Crippen LogP contribution is -1.73. The average molecular weight is 294 g/mol. The third-order valence-electron chi connectivity index (χ3n) is 2.87. The van der Waals surface area contributed by atoms with Crippen LogP contribution >= 0.6 is 0 Å². The van der Waals surface area contributed by atoms with Crippen LogP contribution in [0, 0.1) is 47.6 Å². The molecule has 0 saturated carbocycles. The molecule has 0 amide bonds. The maximum atomic E-state index is 3.60. The van der Waals surface area contributed by atoms with E-state index in [1.807, 2.05) is 0 Å². The highest BCUT2D eigenvalue weighted by Crippen LogP contribution is 2.01. The summed E-state index contributed by atoms with van der Waals surface area (Å²) in [4.78, 5) is 0. The standard InChI is InChI=1S/C20H26N2/c1-3-5-7-9-11-13-15-17-19-21-22-20-18-16-14-12-10-8-6-4-2/h3-12H2,1-2H3. The highest BCUT2D eigenvalue weighted by atomic mass is 15.1. The van der Waals surface area contributed by atoms with E-state index in [9.17, 15) is 0 Å². The van der Waals surface area contributed by atoms with Gasteiger partial charge in [-0.3, -0.25) is 0 Å². The van der Waals surface area contributed by atoms with Gasteiger partial charge in [0.1, 0.15) is 0 Å². The molecular formula is C20H26N2. The normalized spacial score (nSPS) is 8.64. The van der Waals surface area contributed by atoms with Crippen molar-refractivity contribution in [2.75, 3.05) is 0 Å². The zero-order chi connectivity index (χ0) is 16.1. The molecule has 0 bridgehead atoms. The number of nitrogens with zero attached hydrogens (tertiary/aromatic N) is 2. The molecule has 0 fully saturated rings. The summed E-state index contributed by atoms with van der Waals surface area (Å²) in [5.74, 6) is 16.8. The molecule has 0 aromatic rings. The zero-order valence-electron chi connectivity index (χ0n) is 14.0. The molecule has 116 valence electrons. The van der Waals surface area contributed by atoms with E-state index in [0.717, 1.165) is 25.7 Å². The van der Waals surface area contributed by atoms with E-state index < -0.39 is 0 Å². The largest absolute Gasteiger partial charge is 0.0890 e. The highest BCUT2D eigenvalue weighted by molar-refractivity contribution is 5.26. The minimum absolute atomic E-state index is 0.902. The van der Waals surface area contributed by atoms with E-state index in [1.54, 1.807) is 0 Å². The van der Waals surface area contributed by atoms with Crippen molar-refractivity contribution in [1.29, 1.82) is 0 Å². The van der Waals surface area contributed by atoms with Gasteiger partial charge in [-0.2, -0.15) is 0 Å². The van der Waals surface area contributed by atoms with E-state index in [-0.39, 0.29) is 0 Å². The molecule has 2 heteroatoms. The Balaban J connectivity index is 3.71. The Morgan fingerprint density at radius 3 is 1.41 bits per heavy atom. The molecule has 0 aliphatic heterocycles. The van der Waals surface area contributed by atoms with Gasteiger partial charge in [0.25, 0.3) is 0 Å². The summed E-state index contributed by atoms with van der Waals surface area (Å²) in [5, 5.41) is 7.19. The zero-order valence-corrected chi connectivity index (χ0v) is 14.0. The SMILES string of the molecule is CCCCCCC#CC#CN=NC#CC#CCCCCCC. The van der Waals surface area contributed by atoms with E-state index in [2.05, 4.69) is 71.7 Å². The molecule has 0 saturated heterocycles. The third kappa shape index (κ3) is 17.8. The highest BCUT2D eigenvalue weighted by Gasteiger charge is 1.83. The fourth-order valence-electron chi connectivity index (χ4n) is 1.65. The van der Waals surface area contributed by atoms with Crippen LogP contribution in [0.25, 0.3) is 0 Å². The Labute approximate surface area is 136 Å². The van der Waals surface area contributed by atoms with Crippen molar-refractivity contribution in [3.8, 4) is 47.6 Å². The summed E-state index contributed by atoms with van der Waals surface area (Å²) in [6, 6.07) is 4.99.